The van der Waals surface area contributed by atoms with Gasteiger partial charge in [-0.25, -0.2) is 8.42 Å². The smallest absolute Gasteiger partial charge is 0.255 e. The zero-order valence-electron chi connectivity index (χ0n) is 15.0. The minimum absolute atomic E-state index is 0.326. The molecule has 2 aromatic rings. The summed E-state index contributed by atoms with van der Waals surface area (Å²) in [6.45, 7) is 1.89. The Hall–Kier alpha value is -2.25. The van der Waals surface area contributed by atoms with Crippen molar-refractivity contribution in [1.29, 1.82) is 0 Å². The van der Waals surface area contributed by atoms with E-state index in [2.05, 4.69) is 14.9 Å². The first kappa shape index (κ1) is 19.5. The topological polar surface area (TPSA) is 78.5 Å². The van der Waals surface area contributed by atoms with Crippen LogP contribution >= 0.6 is 11.6 Å². The fraction of sp³-hybridized carbons (Fsp3) is 0.316. The number of nitrogens with one attached hydrogen (secondary N) is 2. The molecule has 1 heterocycles. The molecule has 1 fully saturated rings. The standard InChI is InChI=1S/C19H22ClN3O3S/c1-27(25,26)22-16-7-5-6-14(12-16)19(24)21-17-13-15(20)8-9-18(17)23-10-3-2-4-11-23/h5-9,12-13,22H,2-4,10-11H2,1H3,(H,21,24). The molecule has 3 rings (SSSR count). The fourth-order valence-corrected chi connectivity index (χ4v) is 3.88. The Kier molecular flexibility index (Phi) is 5.92. The van der Waals surface area contributed by atoms with Crippen LogP contribution in [0, 0.1) is 0 Å². The van der Waals surface area contributed by atoms with Crippen LogP contribution in [-0.2, 0) is 10.0 Å². The zero-order chi connectivity index (χ0) is 19.4. The number of hydrogen-bond donors (Lipinski definition) is 2. The molecule has 0 aromatic heterocycles. The van der Waals surface area contributed by atoms with Gasteiger partial charge in [-0.05, 0) is 55.7 Å². The first-order chi connectivity index (χ1) is 12.8. The van der Waals surface area contributed by atoms with Gasteiger partial charge in [0.1, 0.15) is 0 Å². The molecule has 1 saturated heterocycles. The molecule has 1 amide bonds. The van der Waals surface area contributed by atoms with Gasteiger partial charge in [-0.15, -0.1) is 0 Å². The van der Waals surface area contributed by atoms with Gasteiger partial charge in [0.05, 0.1) is 17.6 Å². The van der Waals surface area contributed by atoms with Crippen molar-refractivity contribution >= 4 is 44.6 Å². The third-order valence-electron chi connectivity index (χ3n) is 4.33. The highest BCUT2D eigenvalue weighted by Crippen LogP contribution is 2.31. The van der Waals surface area contributed by atoms with Crippen molar-refractivity contribution in [1.82, 2.24) is 0 Å². The number of carbonyl (C=O) groups excluding carboxylic acids is 1. The Labute approximate surface area is 164 Å². The van der Waals surface area contributed by atoms with E-state index in [-0.39, 0.29) is 5.91 Å². The molecule has 2 N–H and O–H groups in total. The molecule has 0 atom stereocenters. The molecule has 8 heteroatoms. The number of piperidine rings is 1. The highest BCUT2D eigenvalue weighted by atomic mass is 35.5. The Balaban J connectivity index is 1.83. The van der Waals surface area contributed by atoms with Gasteiger partial charge in [0.15, 0.2) is 0 Å². The van der Waals surface area contributed by atoms with Crippen molar-refractivity contribution in [2.75, 3.05) is 34.3 Å². The lowest BCUT2D eigenvalue weighted by Crippen LogP contribution is -2.30. The van der Waals surface area contributed by atoms with Crippen LogP contribution in [-0.4, -0.2) is 33.7 Å². The second kappa shape index (κ2) is 8.19. The van der Waals surface area contributed by atoms with E-state index < -0.39 is 10.0 Å². The Morgan fingerprint density at radius 3 is 2.52 bits per heavy atom. The predicted octanol–water partition coefficient (Wildman–Crippen LogP) is 3.95. The van der Waals surface area contributed by atoms with Crippen molar-refractivity contribution in [2.24, 2.45) is 0 Å². The molecule has 2 aromatic carbocycles. The summed E-state index contributed by atoms with van der Waals surface area (Å²) < 4.78 is 25.2. The van der Waals surface area contributed by atoms with Crippen LogP contribution in [0.5, 0.6) is 0 Å². The minimum Gasteiger partial charge on any atom is -0.370 e. The van der Waals surface area contributed by atoms with E-state index in [0.29, 0.717) is 22.0 Å². The Bertz CT molecular complexity index is 941. The van der Waals surface area contributed by atoms with Gasteiger partial charge in [-0.3, -0.25) is 9.52 Å². The monoisotopic (exact) mass is 407 g/mol. The highest BCUT2D eigenvalue weighted by Gasteiger charge is 2.17. The van der Waals surface area contributed by atoms with Gasteiger partial charge < -0.3 is 10.2 Å². The number of rotatable bonds is 5. The van der Waals surface area contributed by atoms with E-state index in [1.54, 1.807) is 24.3 Å². The van der Waals surface area contributed by atoms with Gasteiger partial charge >= 0.3 is 0 Å². The quantitative estimate of drug-likeness (QED) is 0.786. The maximum absolute atomic E-state index is 12.7. The van der Waals surface area contributed by atoms with E-state index in [0.717, 1.165) is 37.9 Å². The normalized spacial score (nSPS) is 14.7. The van der Waals surface area contributed by atoms with E-state index in [4.69, 9.17) is 11.6 Å². The zero-order valence-corrected chi connectivity index (χ0v) is 16.6. The summed E-state index contributed by atoms with van der Waals surface area (Å²) >= 11 is 6.14. The van der Waals surface area contributed by atoms with Crippen LogP contribution in [0.2, 0.25) is 5.02 Å². The van der Waals surface area contributed by atoms with Crippen LogP contribution < -0.4 is 14.9 Å². The highest BCUT2D eigenvalue weighted by molar-refractivity contribution is 7.92. The molecule has 0 bridgehead atoms. The second-order valence-corrected chi connectivity index (χ2v) is 8.80. The van der Waals surface area contributed by atoms with E-state index in [1.807, 2.05) is 12.1 Å². The average Bonchev–Trinajstić information content (AvgIpc) is 2.61. The second-order valence-electron chi connectivity index (χ2n) is 6.62. The van der Waals surface area contributed by atoms with Crippen LogP contribution in [0.3, 0.4) is 0 Å². The maximum atomic E-state index is 12.7. The first-order valence-corrected chi connectivity index (χ1v) is 11.0. The van der Waals surface area contributed by atoms with Crippen molar-refractivity contribution in [3.05, 3.63) is 53.1 Å². The minimum atomic E-state index is -3.41. The molecule has 27 heavy (non-hydrogen) atoms. The molecule has 1 aliphatic rings. The lowest BCUT2D eigenvalue weighted by atomic mass is 10.1. The molecule has 6 nitrogen and oxygen atoms in total. The summed E-state index contributed by atoms with van der Waals surface area (Å²) in [6, 6.07) is 11.8. The van der Waals surface area contributed by atoms with Gasteiger partial charge in [0, 0.05) is 29.4 Å². The molecule has 0 unspecified atom stereocenters. The lowest BCUT2D eigenvalue weighted by molar-refractivity contribution is 0.102. The van der Waals surface area contributed by atoms with E-state index >= 15 is 0 Å². The molecule has 0 spiro atoms. The third kappa shape index (κ3) is 5.37. The average molecular weight is 408 g/mol. The number of nitrogens with zero attached hydrogens (tertiary/aromatic N) is 1. The molecular formula is C19H22ClN3O3S. The van der Waals surface area contributed by atoms with Crippen LogP contribution in [0.25, 0.3) is 0 Å². The summed E-state index contributed by atoms with van der Waals surface area (Å²) in [7, 11) is -3.41. The SMILES string of the molecule is CS(=O)(=O)Nc1cccc(C(=O)Nc2cc(Cl)ccc2N2CCCCC2)c1. The van der Waals surface area contributed by atoms with E-state index in [9.17, 15) is 13.2 Å². The number of anilines is 3. The number of sulfonamides is 1. The number of amides is 1. The Morgan fingerprint density at radius 2 is 1.81 bits per heavy atom. The van der Waals surface area contributed by atoms with Crippen LogP contribution in [0.15, 0.2) is 42.5 Å². The number of halogens is 1. The summed E-state index contributed by atoms with van der Waals surface area (Å²) in [6.07, 6.45) is 4.52. The lowest BCUT2D eigenvalue weighted by Gasteiger charge is -2.30. The molecule has 0 radical (unpaired) electrons. The molecule has 1 aliphatic heterocycles. The van der Waals surface area contributed by atoms with E-state index in [1.165, 1.54) is 12.5 Å². The third-order valence-corrected chi connectivity index (χ3v) is 5.17. The van der Waals surface area contributed by atoms with Gasteiger partial charge in [0.2, 0.25) is 10.0 Å². The molecule has 0 saturated carbocycles. The summed E-state index contributed by atoms with van der Waals surface area (Å²) in [5.74, 6) is -0.326. The van der Waals surface area contributed by atoms with Crippen molar-refractivity contribution < 1.29 is 13.2 Å². The van der Waals surface area contributed by atoms with Gasteiger partial charge in [0.25, 0.3) is 5.91 Å². The summed E-state index contributed by atoms with van der Waals surface area (Å²) in [4.78, 5) is 15.0. The maximum Gasteiger partial charge on any atom is 0.255 e. The van der Waals surface area contributed by atoms with Crippen molar-refractivity contribution in [3.8, 4) is 0 Å². The number of hydrogen-bond acceptors (Lipinski definition) is 4. The van der Waals surface area contributed by atoms with Crippen molar-refractivity contribution in [2.45, 2.75) is 19.3 Å². The fourth-order valence-electron chi connectivity index (χ4n) is 3.15. The van der Waals surface area contributed by atoms with Crippen molar-refractivity contribution in [3.63, 3.8) is 0 Å². The predicted molar refractivity (Wildman–Crippen MR) is 110 cm³/mol. The molecule has 0 aliphatic carbocycles. The largest absolute Gasteiger partial charge is 0.370 e. The van der Waals surface area contributed by atoms with Gasteiger partial charge in [-0.2, -0.15) is 0 Å². The molecule has 144 valence electrons. The van der Waals surface area contributed by atoms with Crippen LogP contribution in [0.4, 0.5) is 17.1 Å². The molecular weight excluding hydrogens is 386 g/mol. The summed E-state index contributed by atoms with van der Waals surface area (Å²) in [5.41, 5.74) is 2.29. The van der Waals surface area contributed by atoms with Gasteiger partial charge in [-0.1, -0.05) is 17.7 Å². The number of benzene rings is 2. The first-order valence-electron chi connectivity index (χ1n) is 8.75. The Morgan fingerprint density at radius 1 is 1.07 bits per heavy atom. The number of carbonyl (C=O) groups is 1. The van der Waals surface area contributed by atoms with Crippen LogP contribution in [0.1, 0.15) is 29.6 Å². The summed E-state index contributed by atoms with van der Waals surface area (Å²) in [5, 5.41) is 3.45.